The SMILES string of the molecule is CC(C)C(Nc1ncc(C=O)s1)C(=O)N[C@@H](C)C(=O)N[C@@H](C)C(=O)O. The van der Waals surface area contributed by atoms with E-state index in [9.17, 15) is 19.2 Å². The fourth-order valence-electron chi connectivity index (χ4n) is 1.84. The minimum absolute atomic E-state index is 0.114. The zero-order valence-electron chi connectivity index (χ0n) is 14.4. The van der Waals surface area contributed by atoms with Crippen LogP contribution in [0.4, 0.5) is 5.13 Å². The molecule has 0 saturated heterocycles. The molecule has 0 aromatic carbocycles. The summed E-state index contributed by atoms with van der Waals surface area (Å²) in [6.45, 7) is 6.44. The van der Waals surface area contributed by atoms with Gasteiger partial charge in [-0.25, -0.2) is 4.98 Å². The Bertz CT molecular complexity index is 646. The third-order valence-electron chi connectivity index (χ3n) is 3.35. The normalized spacial score (nSPS) is 14.3. The molecule has 1 rings (SSSR count). The number of amides is 2. The topological polar surface area (TPSA) is 137 Å². The summed E-state index contributed by atoms with van der Waals surface area (Å²) in [5, 5.41) is 17.0. The Labute approximate surface area is 149 Å². The van der Waals surface area contributed by atoms with Gasteiger partial charge in [0.25, 0.3) is 0 Å². The summed E-state index contributed by atoms with van der Waals surface area (Å²) in [5.41, 5.74) is 0. The first kappa shape index (κ1) is 20.6. The van der Waals surface area contributed by atoms with Crippen LogP contribution in [0.1, 0.15) is 37.4 Å². The zero-order chi connectivity index (χ0) is 19.1. The molecule has 0 aliphatic heterocycles. The predicted octanol–water partition coefficient (Wildman–Crippen LogP) is 0.486. The molecule has 0 fully saturated rings. The Morgan fingerprint density at radius 2 is 1.72 bits per heavy atom. The number of hydrogen-bond acceptors (Lipinski definition) is 7. The number of aromatic nitrogens is 1. The van der Waals surface area contributed by atoms with Crippen molar-refractivity contribution in [2.24, 2.45) is 5.92 Å². The van der Waals surface area contributed by atoms with Crippen molar-refractivity contribution in [2.75, 3.05) is 5.32 Å². The van der Waals surface area contributed by atoms with Gasteiger partial charge in [0.05, 0.1) is 11.1 Å². The molecule has 3 atom stereocenters. The van der Waals surface area contributed by atoms with E-state index in [1.807, 2.05) is 13.8 Å². The Morgan fingerprint density at radius 1 is 1.12 bits per heavy atom. The van der Waals surface area contributed by atoms with E-state index in [1.54, 1.807) is 0 Å². The summed E-state index contributed by atoms with van der Waals surface area (Å²) >= 11 is 1.12. The fraction of sp³-hybridized carbons (Fsp3) is 0.533. The van der Waals surface area contributed by atoms with Crippen LogP contribution >= 0.6 is 11.3 Å². The maximum Gasteiger partial charge on any atom is 0.325 e. The monoisotopic (exact) mass is 370 g/mol. The highest BCUT2D eigenvalue weighted by molar-refractivity contribution is 7.17. The number of carboxylic acid groups (broad SMARTS) is 1. The molecule has 0 aliphatic carbocycles. The second-order valence-corrected chi connectivity index (χ2v) is 6.91. The van der Waals surface area contributed by atoms with Gasteiger partial charge in [-0.3, -0.25) is 19.2 Å². The van der Waals surface area contributed by atoms with Crippen molar-refractivity contribution in [2.45, 2.75) is 45.8 Å². The van der Waals surface area contributed by atoms with Gasteiger partial charge in [0.15, 0.2) is 11.4 Å². The molecular formula is C15H22N4O5S. The first-order valence-corrected chi connectivity index (χ1v) is 8.48. The van der Waals surface area contributed by atoms with Crippen LogP contribution in [0.2, 0.25) is 0 Å². The molecule has 4 N–H and O–H groups in total. The van der Waals surface area contributed by atoms with Crippen LogP contribution in [0, 0.1) is 5.92 Å². The first-order chi connectivity index (χ1) is 11.6. The molecule has 1 unspecified atom stereocenters. The molecule has 1 aromatic rings. The van der Waals surface area contributed by atoms with Crippen molar-refractivity contribution in [3.8, 4) is 0 Å². The molecule has 25 heavy (non-hydrogen) atoms. The van der Waals surface area contributed by atoms with E-state index in [0.717, 1.165) is 11.3 Å². The van der Waals surface area contributed by atoms with Crippen molar-refractivity contribution < 1.29 is 24.3 Å². The molecule has 9 nitrogen and oxygen atoms in total. The van der Waals surface area contributed by atoms with E-state index in [0.29, 0.717) is 16.3 Å². The van der Waals surface area contributed by atoms with Gasteiger partial charge < -0.3 is 21.1 Å². The third kappa shape index (κ3) is 6.14. The summed E-state index contributed by atoms with van der Waals surface area (Å²) < 4.78 is 0. The smallest absolute Gasteiger partial charge is 0.325 e. The summed E-state index contributed by atoms with van der Waals surface area (Å²) in [5.74, 6) is -2.30. The third-order valence-corrected chi connectivity index (χ3v) is 4.20. The summed E-state index contributed by atoms with van der Waals surface area (Å²) in [7, 11) is 0. The standard InChI is InChI=1S/C15H22N4O5S/c1-7(2)11(19-15-16-5-10(6-20)25-15)13(22)17-8(3)12(21)18-9(4)14(23)24/h5-9,11H,1-4H3,(H,16,19)(H,17,22)(H,18,21)(H,23,24)/t8-,9-,11?/m0/s1. The van der Waals surface area contributed by atoms with Crippen LogP contribution in [0.5, 0.6) is 0 Å². The molecule has 1 aromatic heterocycles. The highest BCUT2D eigenvalue weighted by atomic mass is 32.1. The number of carbonyl (C=O) groups is 4. The second-order valence-electron chi connectivity index (χ2n) is 5.85. The van der Waals surface area contributed by atoms with Crippen LogP contribution in [-0.2, 0) is 14.4 Å². The molecule has 1 heterocycles. The lowest BCUT2D eigenvalue weighted by molar-refractivity contribution is -0.141. The quantitative estimate of drug-likeness (QED) is 0.464. The Morgan fingerprint density at radius 3 is 2.20 bits per heavy atom. The van der Waals surface area contributed by atoms with Crippen LogP contribution in [-0.4, -0.2) is 52.3 Å². The fourth-order valence-corrected chi connectivity index (χ4v) is 2.51. The summed E-state index contributed by atoms with van der Waals surface area (Å²) in [6.07, 6.45) is 2.07. The molecule has 0 spiro atoms. The van der Waals surface area contributed by atoms with Crippen LogP contribution < -0.4 is 16.0 Å². The molecule has 2 amide bonds. The van der Waals surface area contributed by atoms with Crippen LogP contribution in [0.15, 0.2) is 6.20 Å². The first-order valence-electron chi connectivity index (χ1n) is 7.66. The molecule has 0 radical (unpaired) electrons. The number of rotatable bonds is 9. The van der Waals surface area contributed by atoms with E-state index in [2.05, 4.69) is 20.9 Å². The lowest BCUT2D eigenvalue weighted by Gasteiger charge is -2.23. The summed E-state index contributed by atoms with van der Waals surface area (Å²) in [4.78, 5) is 50.3. The average molecular weight is 370 g/mol. The minimum Gasteiger partial charge on any atom is -0.480 e. The Hall–Kier alpha value is -2.49. The van der Waals surface area contributed by atoms with Crippen LogP contribution in [0.25, 0.3) is 0 Å². The summed E-state index contributed by atoms with van der Waals surface area (Å²) in [6, 6.07) is -2.63. The number of anilines is 1. The highest BCUT2D eigenvalue weighted by Gasteiger charge is 2.27. The van der Waals surface area contributed by atoms with Gasteiger partial charge >= 0.3 is 5.97 Å². The van der Waals surface area contributed by atoms with Crippen molar-refractivity contribution in [1.29, 1.82) is 0 Å². The molecule has 0 aliphatic rings. The molecule has 0 saturated carbocycles. The van der Waals surface area contributed by atoms with Gasteiger partial charge in [-0.1, -0.05) is 25.2 Å². The Kier molecular flexibility index (Phi) is 7.49. The highest BCUT2D eigenvalue weighted by Crippen LogP contribution is 2.19. The Balaban J connectivity index is 2.70. The van der Waals surface area contributed by atoms with Gasteiger partial charge in [-0.05, 0) is 19.8 Å². The van der Waals surface area contributed by atoms with Gasteiger partial charge in [-0.2, -0.15) is 0 Å². The van der Waals surface area contributed by atoms with Crippen molar-refractivity contribution >= 4 is 40.5 Å². The van der Waals surface area contributed by atoms with E-state index in [1.165, 1.54) is 20.0 Å². The molecule has 0 bridgehead atoms. The van der Waals surface area contributed by atoms with E-state index in [-0.39, 0.29) is 5.92 Å². The number of carboxylic acids is 1. The van der Waals surface area contributed by atoms with E-state index < -0.39 is 35.9 Å². The number of aliphatic carboxylic acids is 1. The van der Waals surface area contributed by atoms with Crippen molar-refractivity contribution in [1.82, 2.24) is 15.6 Å². The largest absolute Gasteiger partial charge is 0.480 e. The molecule has 138 valence electrons. The molecular weight excluding hydrogens is 348 g/mol. The lowest BCUT2D eigenvalue weighted by Crippen LogP contribution is -2.53. The number of aldehydes is 1. The van der Waals surface area contributed by atoms with Crippen molar-refractivity contribution in [3.05, 3.63) is 11.1 Å². The molecule has 10 heteroatoms. The minimum atomic E-state index is -1.16. The number of nitrogens with zero attached hydrogens (tertiary/aromatic N) is 1. The van der Waals surface area contributed by atoms with E-state index in [4.69, 9.17) is 5.11 Å². The maximum absolute atomic E-state index is 12.4. The number of thiazole rings is 1. The average Bonchev–Trinajstić information content (AvgIpc) is 2.99. The van der Waals surface area contributed by atoms with Gasteiger partial charge in [0.2, 0.25) is 11.8 Å². The van der Waals surface area contributed by atoms with Gasteiger partial charge in [-0.15, -0.1) is 0 Å². The van der Waals surface area contributed by atoms with E-state index >= 15 is 0 Å². The second kappa shape index (κ2) is 9.11. The van der Waals surface area contributed by atoms with Crippen LogP contribution in [0.3, 0.4) is 0 Å². The van der Waals surface area contributed by atoms with Crippen molar-refractivity contribution in [3.63, 3.8) is 0 Å². The maximum atomic E-state index is 12.4. The number of carbonyl (C=O) groups excluding carboxylic acids is 3. The number of nitrogens with one attached hydrogen (secondary N) is 3. The van der Waals surface area contributed by atoms with Gasteiger partial charge in [0.1, 0.15) is 18.1 Å². The lowest BCUT2D eigenvalue weighted by atomic mass is 10.0. The zero-order valence-corrected chi connectivity index (χ0v) is 15.2. The predicted molar refractivity (Wildman–Crippen MR) is 92.6 cm³/mol. The number of hydrogen-bond donors (Lipinski definition) is 4. The van der Waals surface area contributed by atoms with Gasteiger partial charge in [0, 0.05) is 0 Å².